The fourth-order valence-electron chi connectivity index (χ4n) is 2.41. The highest BCUT2D eigenvalue weighted by molar-refractivity contribution is 5.83. The van der Waals surface area contributed by atoms with Crippen LogP contribution in [0.2, 0.25) is 0 Å². The van der Waals surface area contributed by atoms with Gasteiger partial charge in [0.25, 0.3) is 0 Å². The molecule has 0 aromatic heterocycles. The summed E-state index contributed by atoms with van der Waals surface area (Å²) in [5.74, 6) is 1.86. The summed E-state index contributed by atoms with van der Waals surface area (Å²) in [5, 5.41) is 5.51. The van der Waals surface area contributed by atoms with E-state index in [1.165, 1.54) is 0 Å². The molecule has 0 radical (unpaired) electrons. The second-order valence-electron chi connectivity index (χ2n) is 5.19. The molecule has 0 unspecified atom stereocenters. The number of carbonyl (C=O) groups is 2. The van der Waals surface area contributed by atoms with Crippen LogP contribution in [0.15, 0.2) is 18.2 Å². The largest absolute Gasteiger partial charge is 0.492 e. The minimum absolute atomic E-state index is 0.00944. The van der Waals surface area contributed by atoms with Gasteiger partial charge in [0.05, 0.1) is 12.5 Å². The van der Waals surface area contributed by atoms with Crippen molar-refractivity contribution in [2.24, 2.45) is 5.92 Å². The first-order chi connectivity index (χ1) is 10.7. The van der Waals surface area contributed by atoms with Gasteiger partial charge in [-0.2, -0.15) is 0 Å². The van der Waals surface area contributed by atoms with E-state index in [9.17, 15) is 9.59 Å². The third-order valence-corrected chi connectivity index (χ3v) is 3.65. The van der Waals surface area contributed by atoms with Crippen molar-refractivity contribution in [1.82, 2.24) is 10.6 Å². The van der Waals surface area contributed by atoms with Gasteiger partial charge in [0.1, 0.15) is 12.4 Å². The van der Waals surface area contributed by atoms with Gasteiger partial charge in [-0.25, -0.2) is 0 Å². The Kier molecular flexibility index (Phi) is 4.32. The lowest BCUT2D eigenvalue weighted by Crippen LogP contribution is -2.43. The van der Waals surface area contributed by atoms with Gasteiger partial charge in [-0.05, 0) is 18.6 Å². The number of amides is 2. The molecule has 7 nitrogen and oxygen atoms in total. The van der Waals surface area contributed by atoms with Crippen LogP contribution in [0.4, 0.5) is 0 Å². The Morgan fingerprint density at radius 2 is 2.23 bits per heavy atom. The van der Waals surface area contributed by atoms with E-state index >= 15 is 0 Å². The van der Waals surface area contributed by atoms with Crippen molar-refractivity contribution in [3.05, 3.63) is 18.2 Å². The molecule has 2 aliphatic heterocycles. The summed E-state index contributed by atoms with van der Waals surface area (Å²) >= 11 is 0. The predicted molar refractivity (Wildman–Crippen MR) is 76.8 cm³/mol. The van der Waals surface area contributed by atoms with E-state index in [4.69, 9.17) is 14.2 Å². The number of nitrogens with one attached hydrogen (secondary N) is 2. The third-order valence-electron chi connectivity index (χ3n) is 3.65. The molecule has 2 heterocycles. The zero-order valence-corrected chi connectivity index (χ0v) is 12.1. The van der Waals surface area contributed by atoms with Crippen LogP contribution in [0, 0.1) is 5.92 Å². The van der Waals surface area contributed by atoms with Gasteiger partial charge in [-0.1, -0.05) is 0 Å². The number of piperidine rings is 1. The number of rotatable bonds is 5. The molecule has 2 N–H and O–H groups in total. The normalized spacial score (nSPS) is 19.5. The highest BCUT2D eigenvalue weighted by Gasteiger charge is 2.23. The first kappa shape index (κ1) is 14.5. The number of hydrogen-bond acceptors (Lipinski definition) is 5. The molecule has 0 bridgehead atoms. The average Bonchev–Trinajstić information content (AvgIpc) is 2.99. The van der Waals surface area contributed by atoms with Crippen molar-refractivity contribution < 1.29 is 23.8 Å². The summed E-state index contributed by atoms with van der Waals surface area (Å²) in [4.78, 5) is 23.0. The zero-order chi connectivity index (χ0) is 15.4. The van der Waals surface area contributed by atoms with Gasteiger partial charge in [0, 0.05) is 19.0 Å². The van der Waals surface area contributed by atoms with Crippen LogP contribution in [-0.4, -0.2) is 38.3 Å². The van der Waals surface area contributed by atoms with Crippen LogP contribution in [-0.2, 0) is 9.59 Å². The van der Waals surface area contributed by atoms with Crippen molar-refractivity contribution in [2.75, 3.05) is 26.5 Å². The Balaban J connectivity index is 1.38. The maximum atomic E-state index is 11.9. The van der Waals surface area contributed by atoms with E-state index in [1.807, 2.05) is 0 Å². The van der Waals surface area contributed by atoms with E-state index in [2.05, 4.69) is 10.6 Å². The van der Waals surface area contributed by atoms with Crippen LogP contribution in [0.25, 0.3) is 0 Å². The molecule has 0 aliphatic carbocycles. The van der Waals surface area contributed by atoms with E-state index in [0.29, 0.717) is 49.8 Å². The minimum atomic E-state index is -0.150. The highest BCUT2D eigenvalue weighted by Crippen LogP contribution is 2.34. The Morgan fingerprint density at radius 3 is 3.05 bits per heavy atom. The second-order valence-corrected chi connectivity index (χ2v) is 5.19. The molecular weight excluding hydrogens is 288 g/mol. The Hall–Kier alpha value is -2.44. The van der Waals surface area contributed by atoms with Gasteiger partial charge in [-0.15, -0.1) is 0 Å². The smallest absolute Gasteiger partial charge is 0.231 e. The van der Waals surface area contributed by atoms with E-state index in [0.717, 1.165) is 0 Å². The molecule has 118 valence electrons. The first-order valence-electron chi connectivity index (χ1n) is 7.29. The average molecular weight is 306 g/mol. The number of hydrogen-bond donors (Lipinski definition) is 2. The fourth-order valence-corrected chi connectivity index (χ4v) is 2.41. The Morgan fingerprint density at radius 1 is 1.36 bits per heavy atom. The van der Waals surface area contributed by atoms with Gasteiger partial charge in [0.2, 0.25) is 18.6 Å². The van der Waals surface area contributed by atoms with Gasteiger partial charge < -0.3 is 24.8 Å². The van der Waals surface area contributed by atoms with Crippen molar-refractivity contribution in [1.29, 1.82) is 0 Å². The SMILES string of the molecule is O=C1CC[C@H](C(=O)NCCOc2ccc3c(c2)OCO3)CN1. The van der Waals surface area contributed by atoms with Crippen molar-refractivity contribution in [2.45, 2.75) is 12.8 Å². The predicted octanol–water partition coefficient (Wildman–Crippen LogP) is 0.436. The van der Waals surface area contributed by atoms with Gasteiger partial charge >= 0.3 is 0 Å². The monoisotopic (exact) mass is 306 g/mol. The molecule has 0 spiro atoms. The second kappa shape index (κ2) is 6.55. The van der Waals surface area contributed by atoms with Crippen LogP contribution in [0.3, 0.4) is 0 Å². The maximum Gasteiger partial charge on any atom is 0.231 e. The number of carbonyl (C=O) groups excluding carboxylic acids is 2. The molecular formula is C15H18N2O5. The molecule has 2 amide bonds. The summed E-state index contributed by atoms with van der Waals surface area (Å²) in [6, 6.07) is 5.35. The standard InChI is InChI=1S/C15H18N2O5/c18-14-4-1-10(8-17-14)15(19)16-5-6-20-11-2-3-12-13(7-11)22-9-21-12/h2-3,7,10H,1,4-6,8-9H2,(H,16,19)(H,17,18)/t10-/m0/s1. The fraction of sp³-hybridized carbons (Fsp3) is 0.467. The maximum absolute atomic E-state index is 11.9. The van der Waals surface area contributed by atoms with Gasteiger partial charge in [0.15, 0.2) is 11.5 Å². The summed E-state index contributed by atoms with van der Waals surface area (Å²) in [6.45, 7) is 1.42. The lowest BCUT2D eigenvalue weighted by molar-refractivity contribution is -0.129. The van der Waals surface area contributed by atoms with Crippen molar-refractivity contribution in [3.8, 4) is 17.2 Å². The molecule has 0 saturated carbocycles. The first-order valence-corrected chi connectivity index (χ1v) is 7.29. The quantitative estimate of drug-likeness (QED) is 0.771. The molecule has 1 fully saturated rings. The van der Waals surface area contributed by atoms with Crippen LogP contribution < -0.4 is 24.8 Å². The molecule has 1 aromatic carbocycles. The lowest BCUT2D eigenvalue weighted by Gasteiger charge is -2.21. The molecule has 7 heteroatoms. The molecule has 22 heavy (non-hydrogen) atoms. The molecule has 3 rings (SSSR count). The number of ether oxygens (including phenoxy) is 3. The zero-order valence-electron chi connectivity index (χ0n) is 12.1. The van der Waals surface area contributed by atoms with Crippen LogP contribution >= 0.6 is 0 Å². The Bertz CT molecular complexity index is 565. The van der Waals surface area contributed by atoms with E-state index < -0.39 is 0 Å². The summed E-state index contributed by atoms with van der Waals surface area (Å²) in [7, 11) is 0. The van der Waals surface area contributed by atoms with Crippen molar-refractivity contribution in [3.63, 3.8) is 0 Å². The van der Waals surface area contributed by atoms with E-state index in [1.54, 1.807) is 18.2 Å². The molecule has 2 aliphatic rings. The summed E-state index contributed by atoms with van der Waals surface area (Å²) in [6.07, 6.45) is 1.01. The number of fused-ring (bicyclic) bond motifs is 1. The molecule has 1 aromatic rings. The Labute approximate surface area is 127 Å². The summed E-state index contributed by atoms with van der Waals surface area (Å²) < 4.78 is 16.1. The van der Waals surface area contributed by atoms with E-state index in [-0.39, 0.29) is 24.5 Å². The van der Waals surface area contributed by atoms with Crippen LogP contribution in [0.5, 0.6) is 17.2 Å². The summed E-state index contributed by atoms with van der Waals surface area (Å²) in [5.41, 5.74) is 0. The van der Waals surface area contributed by atoms with Gasteiger partial charge in [-0.3, -0.25) is 9.59 Å². The number of benzene rings is 1. The van der Waals surface area contributed by atoms with Crippen molar-refractivity contribution >= 4 is 11.8 Å². The minimum Gasteiger partial charge on any atom is -0.492 e. The molecule has 1 atom stereocenters. The lowest BCUT2D eigenvalue weighted by atomic mass is 9.98. The highest BCUT2D eigenvalue weighted by atomic mass is 16.7. The van der Waals surface area contributed by atoms with Crippen LogP contribution in [0.1, 0.15) is 12.8 Å². The third kappa shape index (κ3) is 3.41. The topological polar surface area (TPSA) is 85.9 Å². The molecule has 1 saturated heterocycles.